The topological polar surface area (TPSA) is 51.2 Å². The molecule has 0 spiro atoms. The van der Waals surface area contributed by atoms with Gasteiger partial charge in [-0.2, -0.15) is 22.0 Å². The zero-order valence-electron chi connectivity index (χ0n) is 12.0. The average molecular weight is 346 g/mol. The lowest BCUT2D eigenvalue weighted by molar-refractivity contribution is -0.141. The first-order valence-electron chi connectivity index (χ1n) is 6.61. The van der Waals surface area contributed by atoms with Crippen LogP contribution < -0.4 is 10.1 Å². The van der Waals surface area contributed by atoms with Crippen LogP contribution in [0.3, 0.4) is 0 Å². The summed E-state index contributed by atoms with van der Waals surface area (Å²) >= 11 is 0. The zero-order valence-corrected chi connectivity index (χ0v) is 12.0. The summed E-state index contributed by atoms with van der Waals surface area (Å²) < 4.78 is 66.9. The Bertz CT molecular complexity index is 719. The maximum absolute atomic E-state index is 12.8. The third-order valence-corrected chi connectivity index (χ3v) is 2.90. The number of hydrogen-bond acceptors (Lipinski definition) is 3. The van der Waals surface area contributed by atoms with Crippen LogP contribution in [0, 0.1) is 0 Å². The highest BCUT2D eigenvalue weighted by Crippen LogP contribution is 2.30. The molecule has 0 bridgehead atoms. The van der Waals surface area contributed by atoms with Crippen LogP contribution in [-0.4, -0.2) is 17.5 Å². The van der Waals surface area contributed by atoms with Crippen molar-refractivity contribution >= 4 is 5.91 Å². The Morgan fingerprint density at radius 1 is 1.21 bits per heavy atom. The van der Waals surface area contributed by atoms with Crippen LogP contribution in [0.25, 0.3) is 0 Å². The summed E-state index contributed by atoms with van der Waals surface area (Å²) in [5.74, 6) is -1.09. The standard InChI is InChI=1S/C15H11F5N2O2/c16-14(17)24-10-4-1-3-9(7-10)8-22-13(23)11-5-2-6-21-12(11)15(18,19)20/h1-7,14H,8H2,(H,22,23). The van der Waals surface area contributed by atoms with E-state index in [4.69, 9.17) is 0 Å². The lowest BCUT2D eigenvalue weighted by atomic mass is 10.1. The van der Waals surface area contributed by atoms with Crippen molar-refractivity contribution in [3.05, 3.63) is 59.4 Å². The van der Waals surface area contributed by atoms with Crippen molar-refractivity contribution in [1.82, 2.24) is 10.3 Å². The van der Waals surface area contributed by atoms with E-state index in [9.17, 15) is 26.7 Å². The quantitative estimate of drug-likeness (QED) is 0.841. The van der Waals surface area contributed by atoms with Gasteiger partial charge in [-0.05, 0) is 29.8 Å². The number of hydrogen-bond donors (Lipinski definition) is 1. The van der Waals surface area contributed by atoms with Gasteiger partial charge >= 0.3 is 12.8 Å². The summed E-state index contributed by atoms with van der Waals surface area (Å²) in [4.78, 5) is 15.1. The largest absolute Gasteiger partial charge is 0.435 e. The van der Waals surface area contributed by atoms with Gasteiger partial charge in [-0.1, -0.05) is 12.1 Å². The smallest absolute Gasteiger partial charge is 0.434 e. The van der Waals surface area contributed by atoms with Crippen LogP contribution in [0.4, 0.5) is 22.0 Å². The second-order valence-electron chi connectivity index (χ2n) is 4.61. The van der Waals surface area contributed by atoms with Gasteiger partial charge in [0.2, 0.25) is 0 Å². The fourth-order valence-electron chi connectivity index (χ4n) is 1.92. The summed E-state index contributed by atoms with van der Waals surface area (Å²) in [6.45, 7) is -3.16. The van der Waals surface area contributed by atoms with Crippen molar-refractivity contribution < 1.29 is 31.5 Å². The number of alkyl halides is 5. The second-order valence-corrected chi connectivity index (χ2v) is 4.61. The molecule has 0 aliphatic carbocycles. The SMILES string of the molecule is O=C(NCc1cccc(OC(F)F)c1)c1cccnc1C(F)(F)F. The average Bonchev–Trinajstić information content (AvgIpc) is 2.51. The number of halogens is 5. The third-order valence-electron chi connectivity index (χ3n) is 2.90. The Kier molecular flexibility index (Phi) is 5.32. The second kappa shape index (κ2) is 7.24. The van der Waals surface area contributed by atoms with E-state index in [1.54, 1.807) is 0 Å². The van der Waals surface area contributed by atoms with Crippen molar-refractivity contribution in [2.75, 3.05) is 0 Å². The van der Waals surface area contributed by atoms with Crippen LogP contribution in [0.15, 0.2) is 42.6 Å². The lowest BCUT2D eigenvalue weighted by Gasteiger charge is -2.12. The van der Waals surface area contributed by atoms with Crippen LogP contribution >= 0.6 is 0 Å². The first-order chi connectivity index (χ1) is 11.3. The number of aromatic nitrogens is 1. The molecule has 128 valence electrons. The molecule has 0 atom stereocenters. The Morgan fingerprint density at radius 2 is 1.96 bits per heavy atom. The Hall–Kier alpha value is -2.71. The molecule has 0 aliphatic heterocycles. The van der Waals surface area contributed by atoms with Gasteiger partial charge in [0.05, 0.1) is 5.56 Å². The molecule has 4 nitrogen and oxygen atoms in total. The molecule has 2 aromatic rings. The molecule has 0 aliphatic rings. The summed E-state index contributed by atoms with van der Waals surface area (Å²) in [6.07, 6.45) is -3.83. The third kappa shape index (κ3) is 4.64. The van der Waals surface area contributed by atoms with E-state index in [2.05, 4.69) is 15.0 Å². The number of nitrogens with zero attached hydrogens (tertiary/aromatic N) is 1. The fourth-order valence-corrected chi connectivity index (χ4v) is 1.92. The van der Waals surface area contributed by atoms with Crippen molar-refractivity contribution in [3.8, 4) is 5.75 Å². The Labute approximate surface area is 133 Å². The zero-order chi connectivity index (χ0) is 17.7. The molecule has 1 heterocycles. The first-order valence-corrected chi connectivity index (χ1v) is 6.61. The maximum Gasteiger partial charge on any atom is 0.434 e. The summed E-state index contributed by atoms with van der Waals surface area (Å²) in [7, 11) is 0. The van der Waals surface area contributed by atoms with E-state index in [0.717, 1.165) is 12.3 Å². The molecule has 0 saturated heterocycles. The molecule has 0 unspecified atom stereocenters. The Balaban J connectivity index is 2.09. The molecular weight excluding hydrogens is 335 g/mol. The van der Waals surface area contributed by atoms with Gasteiger partial charge in [-0.15, -0.1) is 0 Å². The predicted molar refractivity (Wildman–Crippen MR) is 73.5 cm³/mol. The number of benzene rings is 1. The number of carbonyl (C=O) groups excluding carboxylic acids is 1. The van der Waals surface area contributed by atoms with Gasteiger partial charge in [0.1, 0.15) is 5.75 Å². The molecule has 0 radical (unpaired) electrons. The molecule has 1 aromatic heterocycles. The highest BCUT2D eigenvalue weighted by atomic mass is 19.4. The van der Waals surface area contributed by atoms with Gasteiger partial charge in [-0.25, -0.2) is 0 Å². The number of carbonyl (C=O) groups is 1. The van der Waals surface area contributed by atoms with Crippen LogP contribution in [-0.2, 0) is 12.7 Å². The number of ether oxygens (including phenoxy) is 1. The van der Waals surface area contributed by atoms with Crippen LogP contribution in [0.2, 0.25) is 0 Å². The van der Waals surface area contributed by atoms with Crippen molar-refractivity contribution in [3.63, 3.8) is 0 Å². The van der Waals surface area contributed by atoms with E-state index in [1.807, 2.05) is 0 Å². The fraction of sp³-hybridized carbons (Fsp3) is 0.200. The summed E-state index contributed by atoms with van der Waals surface area (Å²) in [5, 5.41) is 2.29. The van der Waals surface area contributed by atoms with Gasteiger partial charge in [0, 0.05) is 12.7 Å². The highest BCUT2D eigenvalue weighted by Gasteiger charge is 2.36. The summed E-state index contributed by atoms with van der Waals surface area (Å²) in [5.41, 5.74) is -1.53. The lowest BCUT2D eigenvalue weighted by Crippen LogP contribution is -2.26. The molecule has 2 rings (SSSR count). The van der Waals surface area contributed by atoms with E-state index in [0.29, 0.717) is 5.56 Å². The number of rotatable bonds is 5. The molecule has 1 amide bonds. The maximum atomic E-state index is 12.8. The molecule has 1 aromatic carbocycles. The summed E-state index contributed by atoms with van der Waals surface area (Å²) in [6, 6.07) is 7.68. The molecule has 24 heavy (non-hydrogen) atoms. The van der Waals surface area contributed by atoms with Gasteiger partial charge < -0.3 is 10.1 Å². The van der Waals surface area contributed by atoms with Crippen LogP contribution in [0.5, 0.6) is 5.75 Å². The van der Waals surface area contributed by atoms with Crippen LogP contribution in [0.1, 0.15) is 21.6 Å². The molecule has 0 saturated carbocycles. The number of pyridine rings is 1. The monoisotopic (exact) mass is 346 g/mol. The Morgan fingerprint density at radius 3 is 2.62 bits per heavy atom. The normalized spacial score (nSPS) is 11.4. The minimum Gasteiger partial charge on any atom is -0.435 e. The van der Waals surface area contributed by atoms with Gasteiger partial charge in [0.25, 0.3) is 5.91 Å². The first kappa shape index (κ1) is 17.6. The van der Waals surface area contributed by atoms with E-state index in [-0.39, 0.29) is 12.3 Å². The van der Waals surface area contributed by atoms with E-state index >= 15 is 0 Å². The molecule has 9 heteroatoms. The van der Waals surface area contributed by atoms with Gasteiger partial charge in [0.15, 0.2) is 5.69 Å². The minimum atomic E-state index is -4.76. The van der Waals surface area contributed by atoms with Gasteiger partial charge in [-0.3, -0.25) is 9.78 Å². The molecular formula is C15H11F5N2O2. The van der Waals surface area contributed by atoms with Crippen molar-refractivity contribution in [2.45, 2.75) is 19.3 Å². The predicted octanol–water partition coefficient (Wildman–Crippen LogP) is 3.63. The van der Waals surface area contributed by atoms with E-state index < -0.39 is 30.0 Å². The minimum absolute atomic E-state index is 0.117. The van der Waals surface area contributed by atoms with Crippen molar-refractivity contribution in [1.29, 1.82) is 0 Å². The molecule has 0 fully saturated rings. The highest BCUT2D eigenvalue weighted by molar-refractivity contribution is 5.95. The van der Waals surface area contributed by atoms with Crippen molar-refractivity contribution in [2.24, 2.45) is 0 Å². The number of amides is 1. The number of nitrogens with one attached hydrogen (secondary N) is 1. The van der Waals surface area contributed by atoms with E-state index in [1.165, 1.54) is 30.3 Å². The molecule has 1 N–H and O–H groups in total.